The van der Waals surface area contributed by atoms with Crippen LogP contribution in [0.4, 0.5) is 15.9 Å². The minimum Gasteiger partial charge on any atom is -0.493 e. The molecule has 4 aromatic rings. The highest BCUT2D eigenvalue weighted by Gasteiger charge is 2.13. The number of aromatic amines is 1. The highest BCUT2D eigenvalue weighted by molar-refractivity contribution is 5.88. The summed E-state index contributed by atoms with van der Waals surface area (Å²) in [7, 11) is 3.15. The van der Waals surface area contributed by atoms with Crippen molar-refractivity contribution in [1.29, 1.82) is 0 Å². The fraction of sp³-hybridized carbons (Fsp3) is 0.105. The first kappa shape index (κ1) is 16.8. The van der Waals surface area contributed by atoms with Crippen LogP contribution in [0, 0.1) is 5.82 Å². The Morgan fingerprint density at radius 2 is 1.85 bits per heavy atom. The molecule has 4 rings (SSSR count). The Balaban J connectivity index is 1.78. The third-order valence-electron chi connectivity index (χ3n) is 4.03. The van der Waals surface area contributed by atoms with Gasteiger partial charge in [0.1, 0.15) is 16.9 Å². The van der Waals surface area contributed by atoms with Gasteiger partial charge in [-0.2, -0.15) is 5.10 Å². The van der Waals surface area contributed by atoms with E-state index in [2.05, 4.69) is 25.5 Å². The van der Waals surface area contributed by atoms with Crippen LogP contribution in [0.25, 0.3) is 22.4 Å². The Kier molecular flexibility index (Phi) is 4.29. The number of methoxy groups -OCH3 is 2. The number of ether oxygens (including phenoxy) is 2. The summed E-state index contributed by atoms with van der Waals surface area (Å²) in [4.78, 5) is 9.00. The van der Waals surface area contributed by atoms with Gasteiger partial charge in [-0.15, -0.1) is 0 Å². The van der Waals surface area contributed by atoms with Gasteiger partial charge < -0.3 is 14.8 Å². The van der Waals surface area contributed by atoms with Crippen molar-refractivity contribution in [3.63, 3.8) is 0 Å². The lowest BCUT2D eigenvalue weighted by Crippen LogP contribution is -2.00. The first-order valence-electron chi connectivity index (χ1n) is 8.14. The molecule has 0 aliphatic carbocycles. The van der Waals surface area contributed by atoms with Crippen LogP contribution in [0.15, 0.2) is 48.7 Å². The average molecular weight is 365 g/mol. The van der Waals surface area contributed by atoms with Gasteiger partial charge in [0.05, 0.1) is 20.4 Å². The van der Waals surface area contributed by atoms with Crippen LogP contribution in [0.2, 0.25) is 0 Å². The molecule has 27 heavy (non-hydrogen) atoms. The molecule has 0 radical (unpaired) electrons. The highest BCUT2D eigenvalue weighted by Crippen LogP contribution is 2.32. The number of anilines is 2. The van der Waals surface area contributed by atoms with Gasteiger partial charge in [-0.1, -0.05) is 12.1 Å². The summed E-state index contributed by atoms with van der Waals surface area (Å²) in [5.74, 6) is 1.77. The summed E-state index contributed by atoms with van der Waals surface area (Å²) in [6.45, 7) is 0. The van der Waals surface area contributed by atoms with Gasteiger partial charge in [0.15, 0.2) is 23.1 Å². The molecule has 2 aromatic heterocycles. The highest BCUT2D eigenvalue weighted by atomic mass is 19.1. The van der Waals surface area contributed by atoms with E-state index < -0.39 is 0 Å². The Morgan fingerprint density at radius 1 is 1.00 bits per heavy atom. The lowest BCUT2D eigenvalue weighted by molar-refractivity contribution is 0.355. The van der Waals surface area contributed by atoms with Gasteiger partial charge >= 0.3 is 0 Å². The lowest BCUT2D eigenvalue weighted by atomic mass is 10.2. The molecule has 0 aliphatic rings. The number of nitrogens with zero attached hydrogens (tertiary/aromatic N) is 3. The maximum absolute atomic E-state index is 13.6. The molecule has 0 spiro atoms. The van der Waals surface area contributed by atoms with E-state index in [9.17, 15) is 4.39 Å². The van der Waals surface area contributed by atoms with Gasteiger partial charge in [0, 0.05) is 17.3 Å². The number of H-pyrrole nitrogens is 1. The predicted octanol–water partition coefficient (Wildman–Crippen LogP) is 3.92. The van der Waals surface area contributed by atoms with Crippen LogP contribution in [0.5, 0.6) is 11.5 Å². The van der Waals surface area contributed by atoms with Crippen LogP contribution < -0.4 is 14.8 Å². The van der Waals surface area contributed by atoms with E-state index in [1.807, 2.05) is 6.07 Å². The third-order valence-corrected chi connectivity index (χ3v) is 4.03. The molecule has 2 heterocycles. The van der Waals surface area contributed by atoms with Crippen molar-refractivity contribution in [3.8, 4) is 22.9 Å². The number of hydrogen-bond donors (Lipinski definition) is 2. The van der Waals surface area contributed by atoms with Crippen molar-refractivity contribution in [2.75, 3.05) is 19.5 Å². The zero-order chi connectivity index (χ0) is 18.8. The Morgan fingerprint density at radius 3 is 2.63 bits per heavy atom. The van der Waals surface area contributed by atoms with Crippen LogP contribution in [-0.2, 0) is 0 Å². The summed E-state index contributed by atoms with van der Waals surface area (Å²) >= 11 is 0. The molecule has 0 saturated carbocycles. The Labute approximate surface area is 154 Å². The molecular weight excluding hydrogens is 349 g/mol. The molecule has 0 unspecified atom stereocenters. The molecular formula is C19H16FN5O2. The molecule has 136 valence electrons. The molecule has 0 bridgehead atoms. The van der Waals surface area contributed by atoms with Gasteiger partial charge in [0.25, 0.3) is 0 Å². The van der Waals surface area contributed by atoms with Gasteiger partial charge in [-0.05, 0) is 24.3 Å². The van der Waals surface area contributed by atoms with Crippen molar-refractivity contribution in [1.82, 2.24) is 20.2 Å². The first-order chi connectivity index (χ1) is 13.2. The fourth-order valence-electron chi connectivity index (χ4n) is 2.74. The van der Waals surface area contributed by atoms with Crippen molar-refractivity contribution in [2.45, 2.75) is 0 Å². The molecule has 0 saturated heterocycles. The first-order valence-corrected chi connectivity index (χ1v) is 8.14. The topological polar surface area (TPSA) is 85.0 Å². The van der Waals surface area contributed by atoms with E-state index in [1.54, 1.807) is 44.7 Å². The van der Waals surface area contributed by atoms with E-state index >= 15 is 0 Å². The maximum Gasteiger partial charge on any atom is 0.162 e. The number of fused-ring (bicyclic) bond motifs is 1. The van der Waals surface area contributed by atoms with Gasteiger partial charge in [-0.25, -0.2) is 14.4 Å². The summed E-state index contributed by atoms with van der Waals surface area (Å²) in [5.41, 5.74) is 2.58. The predicted molar refractivity (Wildman–Crippen MR) is 99.9 cm³/mol. The monoisotopic (exact) mass is 365 g/mol. The minimum absolute atomic E-state index is 0.349. The smallest absolute Gasteiger partial charge is 0.162 e. The van der Waals surface area contributed by atoms with E-state index in [0.717, 1.165) is 5.69 Å². The van der Waals surface area contributed by atoms with Crippen LogP contribution in [-0.4, -0.2) is 34.4 Å². The number of hydrogen-bond acceptors (Lipinski definition) is 6. The van der Waals surface area contributed by atoms with E-state index in [4.69, 9.17) is 9.47 Å². The zero-order valence-corrected chi connectivity index (χ0v) is 14.7. The van der Waals surface area contributed by atoms with Crippen molar-refractivity contribution < 1.29 is 13.9 Å². The van der Waals surface area contributed by atoms with Crippen LogP contribution >= 0.6 is 0 Å². The minimum atomic E-state index is -0.349. The third kappa shape index (κ3) is 3.24. The number of rotatable bonds is 5. The van der Waals surface area contributed by atoms with Crippen molar-refractivity contribution in [2.24, 2.45) is 0 Å². The standard InChI is InChI=1S/C19H16FN5O2/c1-26-15-7-6-13(9-16(15)27-2)22-19-17-14(10-21-25-17)23-18(24-19)11-4-3-5-12(20)8-11/h3-10H,1-2H3,(H,21,25)(H,22,23,24). The zero-order valence-electron chi connectivity index (χ0n) is 14.7. The van der Waals surface area contributed by atoms with E-state index in [0.29, 0.717) is 39.7 Å². The molecule has 0 atom stereocenters. The van der Waals surface area contributed by atoms with E-state index in [1.165, 1.54) is 12.1 Å². The summed E-state index contributed by atoms with van der Waals surface area (Å²) < 4.78 is 24.2. The van der Waals surface area contributed by atoms with Crippen LogP contribution in [0.3, 0.4) is 0 Å². The van der Waals surface area contributed by atoms with Crippen molar-refractivity contribution >= 4 is 22.5 Å². The second-order valence-corrected chi connectivity index (χ2v) is 5.73. The van der Waals surface area contributed by atoms with E-state index in [-0.39, 0.29) is 5.82 Å². The van der Waals surface area contributed by atoms with Crippen molar-refractivity contribution in [3.05, 3.63) is 54.5 Å². The second-order valence-electron chi connectivity index (χ2n) is 5.73. The molecule has 2 aromatic carbocycles. The number of nitrogens with one attached hydrogen (secondary N) is 2. The molecule has 0 fully saturated rings. The molecule has 7 nitrogen and oxygen atoms in total. The van der Waals surface area contributed by atoms with Gasteiger partial charge in [0.2, 0.25) is 0 Å². The van der Waals surface area contributed by atoms with Crippen LogP contribution in [0.1, 0.15) is 0 Å². The normalized spacial score (nSPS) is 10.8. The summed E-state index contributed by atoms with van der Waals surface area (Å²) in [6.07, 6.45) is 1.60. The largest absolute Gasteiger partial charge is 0.493 e. The van der Waals surface area contributed by atoms with Gasteiger partial charge in [-0.3, -0.25) is 5.10 Å². The number of benzene rings is 2. The summed E-state index contributed by atoms with van der Waals surface area (Å²) in [5, 5.41) is 10.1. The molecule has 0 aliphatic heterocycles. The summed E-state index contributed by atoms with van der Waals surface area (Å²) in [6, 6.07) is 11.6. The lowest BCUT2D eigenvalue weighted by Gasteiger charge is -2.12. The second kappa shape index (κ2) is 6.91. The fourth-order valence-corrected chi connectivity index (χ4v) is 2.74. The Bertz CT molecular complexity index is 1110. The molecule has 2 N–H and O–H groups in total. The quantitative estimate of drug-likeness (QED) is 0.558. The number of halogens is 1. The number of aromatic nitrogens is 4. The SMILES string of the molecule is COc1ccc(Nc2nc(-c3cccc(F)c3)nc3cn[nH]c23)cc1OC. The maximum atomic E-state index is 13.6. The Hall–Kier alpha value is -3.68. The molecule has 0 amide bonds. The molecule has 8 heteroatoms. The average Bonchev–Trinajstić information content (AvgIpc) is 3.17.